The van der Waals surface area contributed by atoms with Crippen molar-refractivity contribution in [2.75, 3.05) is 32.7 Å². The summed E-state index contributed by atoms with van der Waals surface area (Å²) in [7, 11) is 0. The summed E-state index contributed by atoms with van der Waals surface area (Å²) in [6.07, 6.45) is 0.418. The average Bonchev–Trinajstić information content (AvgIpc) is 2.27. The molecule has 0 bridgehead atoms. The highest BCUT2D eigenvalue weighted by molar-refractivity contribution is 5.73. The number of primary amides is 1. The molecule has 16 heavy (non-hydrogen) atoms. The zero-order valence-corrected chi connectivity index (χ0v) is 10.1. The smallest absolute Gasteiger partial charge is 0.218 e. The van der Waals surface area contributed by atoms with E-state index in [1.165, 1.54) is 0 Å². The molecule has 0 saturated carbocycles. The quantitative estimate of drug-likeness (QED) is 0.716. The fourth-order valence-electron chi connectivity index (χ4n) is 1.87. The molecule has 1 rings (SSSR count). The number of nitrogens with two attached hydrogens (primary N) is 1. The van der Waals surface area contributed by atoms with E-state index in [4.69, 9.17) is 11.0 Å². The third-order valence-electron chi connectivity index (χ3n) is 3.11. The van der Waals surface area contributed by atoms with Crippen LogP contribution in [0, 0.1) is 11.3 Å². The summed E-state index contributed by atoms with van der Waals surface area (Å²) in [6.45, 7) is 8.16. The zero-order valence-electron chi connectivity index (χ0n) is 10.1. The Hall–Kier alpha value is -1.12. The number of nitriles is 1. The Morgan fingerprint density at radius 3 is 2.38 bits per heavy atom. The number of piperazine rings is 1. The molecule has 1 amide bonds. The Labute approximate surface area is 96.8 Å². The molecule has 0 radical (unpaired) electrons. The van der Waals surface area contributed by atoms with Crippen LogP contribution in [-0.2, 0) is 4.79 Å². The second-order valence-electron chi connectivity index (χ2n) is 4.72. The van der Waals surface area contributed by atoms with Gasteiger partial charge in [0.05, 0.1) is 6.07 Å². The van der Waals surface area contributed by atoms with E-state index in [0.29, 0.717) is 6.42 Å². The molecule has 1 heterocycles. The topological polar surface area (TPSA) is 73.4 Å². The first-order valence-electron chi connectivity index (χ1n) is 5.62. The van der Waals surface area contributed by atoms with Gasteiger partial charge >= 0.3 is 0 Å². The maximum atomic E-state index is 10.7. The van der Waals surface area contributed by atoms with Gasteiger partial charge in [0.15, 0.2) is 0 Å². The minimum absolute atomic E-state index is 0.250. The normalized spacial score (nSPS) is 19.3. The number of hydrogen-bond acceptors (Lipinski definition) is 4. The van der Waals surface area contributed by atoms with Crippen molar-refractivity contribution in [1.82, 2.24) is 9.80 Å². The van der Waals surface area contributed by atoms with Crippen molar-refractivity contribution >= 4 is 5.91 Å². The van der Waals surface area contributed by atoms with Crippen LogP contribution in [0.25, 0.3) is 0 Å². The summed E-state index contributed by atoms with van der Waals surface area (Å²) in [4.78, 5) is 15.0. The first-order chi connectivity index (χ1) is 7.45. The second-order valence-corrected chi connectivity index (χ2v) is 4.72. The van der Waals surface area contributed by atoms with Crippen LogP contribution in [0.1, 0.15) is 20.3 Å². The zero-order chi connectivity index (χ0) is 12.2. The van der Waals surface area contributed by atoms with Crippen molar-refractivity contribution in [3.05, 3.63) is 0 Å². The van der Waals surface area contributed by atoms with Crippen molar-refractivity contribution in [3.63, 3.8) is 0 Å². The monoisotopic (exact) mass is 224 g/mol. The second kappa shape index (κ2) is 5.28. The molecule has 1 saturated heterocycles. The lowest BCUT2D eigenvalue weighted by Crippen LogP contribution is -2.54. The molecule has 1 fully saturated rings. The van der Waals surface area contributed by atoms with Gasteiger partial charge in [-0.2, -0.15) is 5.26 Å². The summed E-state index contributed by atoms with van der Waals surface area (Å²) in [5, 5.41) is 9.02. The molecule has 5 heteroatoms. The maximum Gasteiger partial charge on any atom is 0.218 e. The minimum Gasteiger partial charge on any atom is -0.370 e. The average molecular weight is 224 g/mol. The van der Waals surface area contributed by atoms with E-state index in [2.05, 4.69) is 15.9 Å². The predicted molar refractivity (Wildman–Crippen MR) is 61.5 cm³/mol. The first kappa shape index (κ1) is 12.9. The number of hydrogen-bond donors (Lipinski definition) is 1. The van der Waals surface area contributed by atoms with E-state index in [9.17, 15) is 4.79 Å². The number of carbonyl (C=O) groups is 1. The summed E-state index contributed by atoms with van der Waals surface area (Å²) in [5.41, 5.74) is 4.72. The highest BCUT2D eigenvalue weighted by Crippen LogP contribution is 2.15. The predicted octanol–water partition coefficient (Wildman–Crippen LogP) is -0.218. The molecular weight excluding hydrogens is 204 g/mol. The summed E-state index contributed by atoms with van der Waals surface area (Å²) < 4.78 is 0. The van der Waals surface area contributed by atoms with Crippen LogP contribution in [-0.4, -0.2) is 54.0 Å². The molecule has 0 aromatic rings. The third kappa shape index (κ3) is 3.47. The lowest BCUT2D eigenvalue weighted by atomic mass is 10.0. The molecule has 2 N–H and O–H groups in total. The van der Waals surface area contributed by atoms with Gasteiger partial charge in [-0.05, 0) is 13.8 Å². The van der Waals surface area contributed by atoms with E-state index >= 15 is 0 Å². The van der Waals surface area contributed by atoms with Crippen LogP contribution in [0.5, 0.6) is 0 Å². The Balaban J connectivity index is 2.35. The van der Waals surface area contributed by atoms with E-state index in [1.54, 1.807) is 0 Å². The lowest BCUT2D eigenvalue weighted by Gasteiger charge is -2.40. The van der Waals surface area contributed by atoms with E-state index in [1.807, 2.05) is 13.8 Å². The maximum absolute atomic E-state index is 10.7. The summed E-state index contributed by atoms with van der Waals surface area (Å²) in [6, 6.07) is 2.31. The van der Waals surface area contributed by atoms with Crippen molar-refractivity contribution in [2.24, 2.45) is 5.73 Å². The number of carbonyl (C=O) groups excluding carboxylic acids is 1. The van der Waals surface area contributed by atoms with Gasteiger partial charge in [0.2, 0.25) is 5.91 Å². The van der Waals surface area contributed by atoms with Crippen LogP contribution in [0.4, 0.5) is 0 Å². The SMILES string of the molecule is CC(C)(C#N)N1CCN(CCC(N)=O)CC1. The first-order valence-corrected chi connectivity index (χ1v) is 5.62. The molecule has 0 spiro atoms. The van der Waals surface area contributed by atoms with Crippen LogP contribution >= 0.6 is 0 Å². The fourth-order valence-corrected chi connectivity index (χ4v) is 1.87. The molecule has 0 unspecified atom stereocenters. The number of amides is 1. The molecule has 1 aliphatic rings. The lowest BCUT2D eigenvalue weighted by molar-refractivity contribution is -0.118. The van der Waals surface area contributed by atoms with Gasteiger partial charge in [-0.3, -0.25) is 9.69 Å². The van der Waals surface area contributed by atoms with Gasteiger partial charge in [-0.15, -0.1) is 0 Å². The Kier molecular flexibility index (Phi) is 4.27. The Morgan fingerprint density at radius 1 is 1.38 bits per heavy atom. The summed E-state index contributed by atoms with van der Waals surface area (Å²) >= 11 is 0. The largest absolute Gasteiger partial charge is 0.370 e. The molecule has 0 aromatic carbocycles. The van der Waals surface area contributed by atoms with Crippen molar-refractivity contribution in [3.8, 4) is 6.07 Å². The van der Waals surface area contributed by atoms with Crippen LogP contribution in [0.2, 0.25) is 0 Å². The van der Waals surface area contributed by atoms with Crippen LogP contribution in [0.3, 0.4) is 0 Å². The summed E-state index contributed by atoms with van der Waals surface area (Å²) in [5.74, 6) is -0.250. The van der Waals surface area contributed by atoms with E-state index in [-0.39, 0.29) is 5.91 Å². The molecule has 0 aliphatic carbocycles. The van der Waals surface area contributed by atoms with Crippen molar-refractivity contribution in [2.45, 2.75) is 25.8 Å². The molecule has 0 atom stereocenters. The molecule has 0 aromatic heterocycles. The Morgan fingerprint density at radius 2 is 1.94 bits per heavy atom. The van der Waals surface area contributed by atoms with E-state index in [0.717, 1.165) is 32.7 Å². The van der Waals surface area contributed by atoms with Gasteiger partial charge in [0.25, 0.3) is 0 Å². The van der Waals surface area contributed by atoms with Crippen molar-refractivity contribution < 1.29 is 4.79 Å². The fraction of sp³-hybridized carbons (Fsp3) is 0.818. The van der Waals surface area contributed by atoms with E-state index < -0.39 is 5.54 Å². The molecular formula is C11H20N4O. The number of nitrogens with zero attached hydrogens (tertiary/aromatic N) is 3. The number of rotatable bonds is 4. The van der Waals surface area contributed by atoms with Gasteiger partial charge in [0, 0.05) is 39.1 Å². The van der Waals surface area contributed by atoms with Crippen molar-refractivity contribution in [1.29, 1.82) is 5.26 Å². The molecule has 90 valence electrons. The molecule has 1 aliphatic heterocycles. The molecule has 5 nitrogen and oxygen atoms in total. The standard InChI is InChI=1S/C11H20N4O/c1-11(2,9-12)15-7-5-14(6-8-15)4-3-10(13)16/h3-8H2,1-2H3,(H2,13,16). The minimum atomic E-state index is -0.393. The Bertz CT molecular complexity index is 287. The van der Waals surface area contributed by atoms with Gasteiger partial charge in [-0.1, -0.05) is 0 Å². The third-order valence-corrected chi connectivity index (χ3v) is 3.11. The van der Waals surface area contributed by atoms with Gasteiger partial charge < -0.3 is 10.6 Å². The highest BCUT2D eigenvalue weighted by atomic mass is 16.1. The van der Waals surface area contributed by atoms with Gasteiger partial charge in [0.1, 0.15) is 5.54 Å². The van der Waals surface area contributed by atoms with Gasteiger partial charge in [-0.25, -0.2) is 0 Å². The highest BCUT2D eigenvalue weighted by Gasteiger charge is 2.29. The van der Waals surface area contributed by atoms with Crippen LogP contribution < -0.4 is 5.73 Å². The van der Waals surface area contributed by atoms with Crippen LogP contribution in [0.15, 0.2) is 0 Å².